The van der Waals surface area contributed by atoms with Crippen molar-refractivity contribution in [3.05, 3.63) is 134 Å². The molecule has 5 heteroatoms. The number of ether oxygens (including phenoxy) is 2. The summed E-state index contributed by atoms with van der Waals surface area (Å²) in [5.74, 6) is -0.631. The average Bonchev–Trinajstić information content (AvgIpc) is 3.28. The van der Waals surface area contributed by atoms with Gasteiger partial charge in [-0.2, -0.15) is 0 Å². The zero-order valence-electron chi connectivity index (χ0n) is 39.6. The highest BCUT2D eigenvalue weighted by atomic mass is 16.6. The molecule has 0 fully saturated rings. The topological polar surface area (TPSA) is 72.8 Å². The van der Waals surface area contributed by atoms with Gasteiger partial charge in [0.15, 0.2) is 6.10 Å². The third-order valence-electron chi connectivity index (χ3n) is 9.93. The van der Waals surface area contributed by atoms with Gasteiger partial charge in [-0.3, -0.25) is 9.59 Å². The Balaban J connectivity index is 3.65. The molecule has 348 valence electrons. The summed E-state index contributed by atoms with van der Waals surface area (Å²) in [4.78, 5) is 24.3. The van der Waals surface area contributed by atoms with Crippen LogP contribution in [0.1, 0.15) is 194 Å². The summed E-state index contributed by atoms with van der Waals surface area (Å²) in [5.41, 5.74) is 0. The monoisotopic (exact) mass is 855 g/mol. The fourth-order valence-electron chi connectivity index (χ4n) is 6.21. The van der Waals surface area contributed by atoms with Crippen molar-refractivity contribution in [2.24, 2.45) is 0 Å². The highest BCUT2D eigenvalue weighted by Crippen LogP contribution is 2.12. The summed E-state index contributed by atoms with van der Waals surface area (Å²) in [6.45, 7) is 3.94. The number of unbranched alkanes of at least 4 members (excludes halogenated alkanes) is 13. The van der Waals surface area contributed by atoms with E-state index in [9.17, 15) is 14.7 Å². The molecule has 62 heavy (non-hydrogen) atoms. The Labute approximate surface area is 381 Å². The lowest BCUT2D eigenvalue weighted by Gasteiger charge is -2.15. The van der Waals surface area contributed by atoms with Gasteiger partial charge in [0.2, 0.25) is 0 Å². The minimum absolute atomic E-state index is 0.0841. The van der Waals surface area contributed by atoms with Gasteiger partial charge in [0.1, 0.15) is 6.61 Å². The van der Waals surface area contributed by atoms with Crippen LogP contribution in [0.15, 0.2) is 134 Å². The van der Waals surface area contributed by atoms with Crippen LogP contribution in [0.2, 0.25) is 0 Å². The third kappa shape index (κ3) is 48.7. The Morgan fingerprint density at radius 3 is 1.06 bits per heavy atom. The summed E-state index contributed by atoms with van der Waals surface area (Å²) in [6, 6.07) is 0. The molecule has 0 radical (unpaired) electrons. The molecule has 0 saturated carbocycles. The van der Waals surface area contributed by atoms with Crippen molar-refractivity contribution < 1.29 is 24.2 Å². The molecule has 0 aliphatic heterocycles. The van der Waals surface area contributed by atoms with Gasteiger partial charge < -0.3 is 14.6 Å². The number of aliphatic hydroxyl groups excluding tert-OH is 1. The normalized spacial score (nSPS) is 13.4. The molecular weight excluding hydrogens is 765 g/mol. The van der Waals surface area contributed by atoms with Crippen LogP contribution in [0.4, 0.5) is 0 Å². The molecule has 0 amide bonds. The molecule has 0 aromatic heterocycles. The number of aliphatic hydroxyl groups is 1. The summed E-state index contributed by atoms with van der Waals surface area (Å²) in [6.07, 6.45) is 76.9. The lowest BCUT2D eigenvalue weighted by Crippen LogP contribution is -2.28. The van der Waals surface area contributed by atoms with Crippen molar-refractivity contribution in [3.63, 3.8) is 0 Å². The molecular formula is C57H90O5. The van der Waals surface area contributed by atoms with Crippen molar-refractivity contribution in [3.8, 4) is 0 Å². The highest BCUT2D eigenvalue weighted by molar-refractivity contribution is 5.70. The molecule has 0 saturated heterocycles. The second-order valence-electron chi connectivity index (χ2n) is 15.8. The number of carbonyl (C=O) groups is 2. The van der Waals surface area contributed by atoms with E-state index in [-0.39, 0.29) is 25.2 Å². The molecule has 5 nitrogen and oxygen atoms in total. The molecule has 1 N–H and O–H groups in total. The maximum atomic E-state index is 12.2. The largest absolute Gasteiger partial charge is 0.462 e. The van der Waals surface area contributed by atoms with Gasteiger partial charge >= 0.3 is 11.9 Å². The number of esters is 2. The quantitative estimate of drug-likeness (QED) is 0.0376. The van der Waals surface area contributed by atoms with E-state index in [1.807, 2.05) is 0 Å². The van der Waals surface area contributed by atoms with Gasteiger partial charge in [-0.15, -0.1) is 0 Å². The lowest BCUT2D eigenvalue weighted by atomic mass is 10.1. The van der Waals surface area contributed by atoms with Gasteiger partial charge in [0.05, 0.1) is 6.61 Å². The van der Waals surface area contributed by atoms with Gasteiger partial charge in [0.25, 0.3) is 0 Å². The highest BCUT2D eigenvalue weighted by Gasteiger charge is 2.16. The van der Waals surface area contributed by atoms with Crippen molar-refractivity contribution in [1.29, 1.82) is 0 Å². The van der Waals surface area contributed by atoms with Crippen LogP contribution in [0.3, 0.4) is 0 Å². The van der Waals surface area contributed by atoms with Crippen molar-refractivity contribution in [2.75, 3.05) is 13.2 Å². The van der Waals surface area contributed by atoms with Crippen LogP contribution in [0, 0.1) is 0 Å². The molecule has 1 unspecified atom stereocenters. The Morgan fingerprint density at radius 2 is 0.694 bits per heavy atom. The molecule has 0 rings (SSSR count). The second kappa shape index (κ2) is 51.4. The lowest BCUT2D eigenvalue weighted by molar-refractivity contribution is -0.161. The van der Waals surface area contributed by atoms with Crippen LogP contribution in [0.25, 0.3) is 0 Å². The van der Waals surface area contributed by atoms with E-state index >= 15 is 0 Å². The first-order valence-corrected chi connectivity index (χ1v) is 24.7. The van der Waals surface area contributed by atoms with E-state index in [0.717, 1.165) is 116 Å². The van der Waals surface area contributed by atoms with E-state index < -0.39 is 6.10 Å². The van der Waals surface area contributed by atoms with Crippen molar-refractivity contribution in [1.82, 2.24) is 0 Å². The minimum atomic E-state index is -0.791. The number of rotatable bonds is 43. The molecule has 0 bridgehead atoms. The fraction of sp³-hybridized carbons (Fsp3) is 0.579. The van der Waals surface area contributed by atoms with Crippen LogP contribution in [-0.4, -0.2) is 36.4 Å². The first kappa shape index (κ1) is 58.0. The first-order chi connectivity index (χ1) is 30.6. The van der Waals surface area contributed by atoms with Crippen LogP contribution >= 0.6 is 0 Å². The van der Waals surface area contributed by atoms with Crippen LogP contribution < -0.4 is 0 Å². The maximum absolute atomic E-state index is 12.2. The number of carbonyl (C=O) groups excluding carboxylic acids is 2. The summed E-state index contributed by atoms with van der Waals surface area (Å²) in [5, 5.41) is 9.58. The first-order valence-electron chi connectivity index (χ1n) is 24.7. The Hall–Kier alpha value is -3.96. The number of allylic oxidation sites excluding steroid dienone is 22. The van der Waals surface area contributed by atoms with Gasteiger partial charge in [0, 0.05) is 12.8 Å². The predicted octanol–water partition coefficient (Wildman–Crippen LogP) is 16.5. The summed E-state index contributed by atoms with van der Waals surface area (Å²) < 4.78 is 10.6. The van der Waals surface area contributed by atoms with Crippen LogP contribution in [-0.2, 0) is 19.1 Å². The maximum Gasteiger partial charge on any atom is 0.306 e. The third-order valence-corrected chi connectivity index (χ3v) is 9.93. The Morgan fingerprint density at radius 1 is 0.387 bits per heavy atom. The predicted molar refractivity (Wildman–Crippen MR) is 269 cm³/mol. The van der Waals surface area contributed by atoms with Gasteiger partial charge in [-0.05, 0) is 109 Å². The van der Waals surface area contributed by atoms with Gasteiger partial charge in [-0.25, -0.2) is 0 Å². The van der Waals surface area contributed by atoms with E-state index in [0.29, 0.717) is 12.8 Å². The SMILES string of the molecule is CC/C=C\C/C=C\C/C=C\C/C=C\C/C=C\C/C=C\C/C=C\C/C=C\C/C=C\C/C=C\CCCCCCCCC(=O)OC(CO)COC(=O)CCCCCCC/C=C\CCCC. The van der Waals surface area contributed by atoms with Crippen molar-refractivity contribution in [2.45, 2.75) is 200 Å². The number of hydrogen-bond acceptors (Lipinski definition) is 5. The summed E-state index contributed by atoms with van der Waals surface area (Å²) in [7, 11) is 0. The molecule has 0 spiro atoms. The standard InChI is InChI=1S/C57H90O5/c1-3-5-7-9-11-13-15-16-17-18-19-20-21-22-23-24-25-26-27-28-29-30-31-32-33-34-35-36-37-38-39-40-42-44-46-48-50-52-57(60)62-55(53-58)54-61-56(59)51-49-47-45-43-41-14-12-10-8-6-4-2/h5,7,10-13,16-17,19-20,22-23,25-26,28-29,31-32,34-35,37-38,55,58H,3-4,6,8-9,14-15,18,21,24,27,30,33,36,39-54H2,1-2H3/b7-5-,12-10-,13-11-,17-16-,20-19-,23-22-,26-25-,29-28-,32-31-,35-34-,38-37-. The Kier molecular flexibility index (Phi) is 48.1. The zero-order valence-corrected chi connectivity index (χ0v) is 39.6. The number of hydrogen-bond donors (Lipinski definition) is 1. The van der Waals surface area contributed by atoms with E-state index in [1.54, 1.807) is 0 Å². The average molecular weight is 855 g/mol. The molecule has 0 aromatic carbocycles. The van der Waals surface area contributed by atoms with Gasteiger partial charge in [-0.1, -0.05) is 205 Å². The van der Waals surface area contributed by atoms with E-state index in [1.165, 1.54) is 51.4 Å². The second-order valence-corrected chi connectivity index (χ2v) is 15.8. The molecule has 0 aromatic rings. The smallest absolute Gasteiger partial charge is 0.306 e. The molecule has 0 aliphatic carbocycles. The summed E-state index contributed by atoms with van der Waals surface area (Å²) >= 11 is 0. The fourth-order valence-corrected chi connectivity index (χ4v) is 6.21. The molecule has 0 heterocycles. The van der Waals surface area contributed by atoms with Crippen LogP contribution in [0.5, 0.6) is 0 Å². The zero-order chi connectivity index (χ0) is 44.9. The Bertz CT molecular complexity index is 1330. The van der Waals surface area contributed by atoms with E-state index in [4.69, 9.17) is 9.47 Å². The van der Waals surface area contributed by atoms with Crippen molar-refractivity contribution >= 4 is 11.9 Å². The molecule has 0 aliphatic rings. The minimum Gasteiger partial charge on any atom is -0.462 e. The van der Waals surface area contributed by atoms with E-state index in [2.05, 4.69) is 148 Å². The molecule has 1 atom stereocenters.